The molecule has 2 aliphatic rings. The zero-order valence-electron chi connectivity index (χ0n) is 21.4. The summed E-state index contributed by atoms with van der Waals surface area (Å²) in [6.07, 6.45) is 2.07. The molecule has 0 spiro atoms. The van der Waals surface area contributed by atoms with Crippen molar-refractivity contribution in [3.63, 3.8) is 0 Å². The number of methoxy groups -OCH3 is 1. The summed E-state index contributed by atoms with van der Waals surface area (Å²) in [5.74, 6) is -1.84. The van der Waals surface area contributed by atoms with Gasteiger partial charge in [-0.2, -0.15) is 0 Å². The molecule has 2 heterocycles. The van der Waals surface area contributed by atoms with Crippen LogP contribution in [-0.2, 0) is 19.1 Å². The third kappa shape index (κ3) is 4.68. The number of hydrogen-bond donors (Lipinski definition) is 1. The number of rotatable bonds is 6. The maximum atomic E-state index is 13.8. The van der Waals surface area contributed by atoms with E-state index in [1.54, 1.807) is 19.1 Å². The maximum Gasteiger partial charge on any atom is 0.336 e. The molecule has 0 saturated carbocycles. The number of Topliss-reactive ketones (excluding diaryl/α,β-unsaturated/α-hetero) is 1. The van der Waals surface area contributed by atoms with Crippen molar-refractivity contribution in [2.75, 3.05) is 20.3 Å². The smallest absolute Gasteiger partial charge is 0.336 e. The topological polar surface area (TPSA) is 94.8 Å². The fraction of sp³-hybridized carbons (Fsp3) is 0.300. The number of aryl methyl sites for hydroxylation is 1. The minimum absolute atomic E-state index is 0.0405. The largest absolute Gasteiger partial charge is 0.464 e. The number of fused-ring (bicyclic) bond motifs is 1. The summed E-state index contributed by atoms with van der Waals surface area (Å²) in [6, 6.07) is 12.8. The van der Waals surface area contributed by atoms with Gasteiger partial charge in [-0.05, 0) is 49.9 Å². The van der Waals surface area contributed by atoms with Crippen molar-refractivity contribution in [3.05, 3.63) is 103 Å². The molecule has 2 aromatic carbocycles. The van der Waals surface area contributed by atoms with Gasteiger partial charge in [0.05, 0.1) is 29.7 Å². The molecule has 1 N–H and O–H groups in total. The van der Waals surface area contributed by atoms with E-state index >= 15 is 0 Å². The van der Waals surface area contributed by atoms with Crippen LogP contribution < -0.4 is 10.7 Å². The third-order valence-corrected chi connectivity index (χ3v) is 7.52. The number of hydrogen-bond acceptors (Lipinski definition) is 7. The summed E-state index contributed by atoms with van der Waals surface area (Å²) in [5.41, 5.74) is 3.95. The molecule has 1 aromatic heterocycles. The molecule has 0 bridgehead atoms. The van der Waals surface area contributed by atoms with Crippen LogP contribution in [0.5, 0.6) is 0 Å². The fourth-order valence-electron chi connectivity index (χ4n) is 5.40. The van der Waals surface area contributed by atoms with Gasteiger partial charge in [0.15, 0.2) is 11.2 Å². The Kier molecular flexibility index (Phi) is 7.23. The molecule has 196 valence electrons. The Labute approximate surface area is 225 Å². The second-order valence-corrected chi connectivity index (χ2v) is 10.1. The highest BCUT2D eigenvalue weighted by Crippen LogP contribution is 2.46. The molecule has 0 saturated heterocycles. The number of halogens is 1. The molecule has 38 heavy (non-hydrogen) atoms. The van der Waals surface area contributed by atoms with E-state index in [-0.39, 0.29) is 47.9 Å². The number of ketones is 1. The Morgan fingerprint density at radius 3 is 2.63 bits per heavy atom. The number of esters is 1. The van der Waals surface area contributed by atoms with Crippen molar-refractivity contribution in [2.24, 2.45) is 0 Å². The first-order valence-corrected chi connectivity index (χ1v) is 12.8. The average molecular weight is 534 g/mol. The lowest BCUT2D eigenvalue weighted by Crippen LogP contribution is -2.37. The zero-order chi connectivity index (χ0) is 27.0. The van der Waals surface area contributed by atoms with Gasteiger partial charge in [0.1, 0.15) is 12.2 Å². The van der Waals surface area contributed by atoms with E-state index in [1.807, 2.05) is 37.3 Å². The molecule has 5 rings (SSSR count). The van der Waals surface area contributed by atoms with Gasteiger partial charge in [-0.15, -0.1) is 0 Å². The average Bonchev–Trinajstić information content (AvgIpc) is 2.89. The van der Waals surface area contributed by atoms with Gasteiger partial charge in [0.25, 0.3) is 0 Å². The predicted molar refractivity (Wildman–Crippen MR) is 144 cm³/mol. The standard InChI is InChI=1S/C30H28ClNO6/c1-16-8-9-25-20(12-16)29(34)21(15-38-25)27-26(30(35)37-11-10-36-3)17(2)32-23-13-18(14-24(33)28(23)27)19-6-4-5-7-22(19)31/h4-9,12,15,18,27,32H,10-11,13-14H2,1-3H3/t18-,27-/m1/s1. The normalized spacial score (nSPS) is 19.4. The van der Waals surface area contributed by atoms with E-state index in [2.05, 4.69) is 5.32 Å². The van der Waals surface area contributed by atoms with Crippen LogP contribution in [0.25, 0.3) is 11.0 Å². The van der Waals surface area contributed by atoms with Gasteiger partial charge >= 0.3 is 5.97 Å². The quantitative estimate of drug-likeness (QED) is 0.339. The number of benzene rings is 2. The van der Waals surface area contributed by atoms with Crippen LogP contribution in [0, 0.1) is 6.92 Å². The summed E-state index contributed by atoms with van der Waals surface area (Å²) < 4.78 is 16.3. The zero-order valence-corrected chi connectivity index (χ0v) is 22.2. The molecule has 2 atom stereocenters. The third-order valence-electron chi connectivity index (χ3n) is 7.18. The molecule has 1 aliphatic carbocycles. The van der Waals surface area contributed by atoms with E-state index in [0.29, 0.717) is 39.4 Å². The summed E-state index contributed by atoms with van der Waals surface area (Å²) in [7, 11) is 1.51. The molecule has 0 amide bonds. The molecule has 0 unspecified atom stereocenters. The Bertz CT molecular complexity index is 1570. The molecular weight excluding hydrogens is 506 g/mol. The molecule has 8 heteroatoms. The number of dihydropyridines is 1. The lowest BCUT2D eigenvalue weighted by molar-refractivity contribution is -0.140. The van der Waals surface area contributed by atoms with E-state index in [0.717, 1.165) is 11.1 Å². The monoisotopic (exact) mass is 533 g/mol. The van der Waals surface area contributed by atoms with E-state index in [4.69, 9.17) is 25.5 Å². The lowest BCUT2D eigenvalue weighted by atomic mass is 9.72. The van der Waals surface area contributed by atoms with Crippen LogP contribution in [0.1, 0.15) is 48.3 Å². The van der Waals surface area contributed by atoms with Gasteiger partial charge in [-0.25, -0.2) is 4.79 Å². The van der Waals surface area contributed by atoms with Gasteiger partial charge in [0.2, 0.25) is 0 Å². The fourth-order valence-corrected chi connectivity index (χ4v) is 5.69. The Balaban J connectivity index is 1.66. The minimum Gasteiger partial charge on any atom is -0.464 e. The Morgan fingerprint density at radius 2 is 1.87 bits per heavy atom. The molecule has 1 aliphatic heterocycles. The van der Waals surface area contributed by atoms with Crippen LogP contribution in [0.2, 0.25) is 5.02 Å². The second-order valence-electron chi connectivity index (χ2n) is 9.69. The molecular formula is C30H28ClNO6. The molecule has 0 radical (unpaired) electrons. The SMILES string of the molecule is COCCOC(=O)C1=C(C)NC2=C(C(=O)C[C@H](c3ccccc3Cl)C2)[C@@H]1c1coc2ccc(C)cc2c1=O. The van der Waals surface area contributed by atoms with E-state index in [1.165, 1.54) is 13.4 Å². The summed E-state index contributed by atoms with van der Waals surface area (Å²) in [5, 5.41) is 4.28. The summed E-state index contributed by atoms with van der Waals surface area (Å²) >= 11 is 6.47. The first-order chi connectivity index (χ1) is 18.3. The first kappa shape index (κ1) is 25.9. The van der Waals surface area contributed by atoms with Crippen molar-refractivity contribution < 1.29 is 23.5 Å². The van der Waals surface area contributed by atoms with Crippen LogP contribution in [-0.4, -0.2) is 32.1 Å². The number of nitrogens with one attached hydrogen (secondary N) is 1. The van der Waals surface area contributed by atoms with Crippen molar-refractivity contribution in [2.45, 2.75) is 38.5 Å². The van der Waals surface area contributed by atoms with Crippen molar-refractivity contribution in [1.82, 2.24) is 5.32 Å². The number of ether oxygens (including phenoxy) is 2. The summed E-state index contributed by atoms with van der Waals surface area (Å²) in [4.78, 5) is 41.0. The Morgan fingerprint density at radius 1 is 1.08 bits per heavy atom. The van der Waals surface area contributed by atoms with Crippen molar-refractivity contribution in [1.29, 1.82) is 0 Å². The highest BCUT2D eigenvalue weighted by molar-refractivity contribution is 6.31. The molecule has 7 nitrogen and oxygen atoms in total. The van der Waals surface area contributed by atoms with Crippen LogP contribution >= 0.6 is 11.6 Å². The maximum absolute atomic E-state index is 13.8. The van der Waals surface area contributed by atoms with E-state index < -0.39 is 11.9 Å². The molecule has 3 aromatic rings. The lowest BCUT2D eigenvalue weighted by Gasteiger charge is -2.36. The van der Waals surface area contributed by atoms with Crippen LogP contribution in [0.15, 0.2) is 80.5 Å². The van der Waals surface area contributed by atoms with Crippen molar-refractivity contribution in [3.8, 4) is 0 Å². The van der Waals surface area contributed by atoms with Gasteiger partial charge in [-0.3, -0.25) is 9.59 Å². The highest BCUT2D eigenvalue weighted by Gasteiger charge is 2.43. The van der Waals surface area contributed by atoms with Crippen LogP contribution in [0.3, 0.4) is 0 Å². The van der Waals surface area contributed by atoms with Gasteiger partial charge in [-0.1, -0.05) is 41.4 Å². The number of allylic oxidation sites excluding steroid dienone is 3. The first-order valence-electron chi connectivity index (χ1n) is 12.5. The highest BCUT2D eigenvalue weighted by atomic mass is 35.5. The second kappa shape index (κ2) is 10.6. The summed E-state index contributed by atoms with van der Waals surface area (Å²) in [6.45, 7) is 3.90. The Hall–Kier alpha value is -3.68. The van der Waals surface area contributed by atoms with Gasteiger partial charge < -0.3 is 19.2 Å². The van der Waals surface area contributed by atoms with Crippen LogP contribution in [0.4, 0.5) is 0 Å². The number of carbonyl (C=O) groups excluding carboxylic acids is 2. The number of carbonyl (C=O) groups is 2. The van der Waals surface area contributed by atoms with Gasteiger partial charge in [0, 0.05) is 41.1 Å². The minimum atomic E-state index is -0.929. The van der Waals surface area contributed by atoms with Crippen molar-refractivity contribution >= 4 is 34.3 Å². The molecule has 0 fully saturated rings. The predicted octanol–water partition coefficient (Wildman–Crippen LogP) is 5.31. The van der Waals surface area contributed by atoms with E-state index in [9.17, 15) is 14.4 Å².